The molecular weight excluding hydrogens is 343 g/mol. The predicted octanol–water partition coefficient (Wildman–Crippen LogP) is 2.26. The van der Waals surface area contributed by atoms with Crippen LogP contribution >= 0.6 is 15.9 Å². The van der Waals surface area contributed by atoms with Crippen LogP contribution in [-0.2, 0) is 16.0 Å². The fraction of sp³-hybridized carbons (Fsp3) is 0.727. The average Bonchev–Trinajstić information content (AvgIpc) is 2.72. The quantitative estimate of drug-likeness (QED) is 0.723. The second-order valence-corrected chi connectivity index (χ2v) is 5.01. The van der Waals surface area contributed by atoms with Gasteiger partial charge in [-0.2, -0.15) is 18.3 Å². The second-order valence-electron chi connectivity index (χ2n) is 4.16. The molecule has 1 aromatic rings. The van der Waals surface area contributed by atoms with Crippen LogP contribution in [0.1, 0.15) is 18.2 Å². The van der Waals surface area contributed by atoms with Gasteiger partial charge < -0.3 is 15.2 Å². The fourth-order valence-electron chi connectivity index (χ4n) is 1.63. The van der Waals surface area contributed by atoms with E-state index in [0.717, 1.165) is 10.2 Å². The molecule has 0 bridgehead atoms. The summed E-state index contributed by atoms with van der Waals surface area (Å²) in [6.07, 6.45) is -2.44. The molecule has 0 aliphatic rings. The van der Waals surface area contributed by atoms with Crippen molar-refractivity contribution in [3.8, 4) is 0 Å². The van der Waals surface area contributed by atoms with Crippen molar-refractivity contribution in [1.82, 2.24) is 9.78 Å². The molecule has 1 heterocycles. The van der Waals surface area contributed by atoms with Crippen molar-refractivity contribution in [2.75, 3.05) is 26.9 Å². The molecule has 0 spiro atoms. The Bertz CT molecular complexity index is 412. The SMILES string of the molecule is COCCn1ncc(Br)c1C(N)CCOCC(F)(F)F. The smallest absolute Gasteiger partial charge is 0.383 e. The van der Waals surface area contributed by atoms with Gasteiger partial charge >= 0.3 is 6.18 Å². The van der Waals surface area contributed by atoms with Crippen LogP contribution in [0, 0.1) is 0 Å². The monoisotopic (exact) mass is 359 g/mol. The van der Waals surface area contributed by atoms with Gasteiger partial charge in [-0.3, -0.25) is 4.68 Å². The van der Waals surface area contributed by atoms with Crippen LogP contribution in [0.5, 0.6) is 0 Å². The molecule has 0 amide bonds. The summed E-state index contributed by atoms with van der Waals surface area (Å²) in [5.74, 6) is 0. The van der Waals surface area contributed by atoms with Crippen LogP contribution in [0.4, 0.5) is 13.2 Å². The molecule has 0 aliphatic carbocycles. The minimum atomic E-state index is -4.31. The molecule has 0 saturated heterocycles. The minimum absolute atomic E-state index is 0.0669. The summed E-state index contributed by atoms with van der Waals surface area (Å²) in [5, 5.41) is 4.13. The van der Waals surface area contributed by atoms with Crippen molar-refractivity contribution in [2.45, 2.75) is 25.2 Å². The van der Waals surface area contributed by atoms with E-state index in [2.05, 4.69) is 25.8 Å². The van der Waals surface area contributed by atoms with Gasteiger partial charge in [0, 0.05) is 13.7 Å². The Morgan fingerprint density at radius 3 is 2.75 bits per heavy atom. The number of aromatic nitrogens is 2. The lowest BCUT2D eigenvalue weighted by atomic mass is 10.1. The Balaban J connectivity index is 2.50. The van der Waals surface area contributed by atoms with Crippen molar-refractivity contribution in [3.63, 3.8) is 0 Å². The first-order chi connectivity index (χ1) is 9.35. The number of ether oxygens (including phenoxy) is 2. The number of alkyl halides is 3. The molecule has 1 unspecified atom stereocenters. The zero-order chi connectivity index (χ0) is 15.2. The van der Waals surface area contributed by atoms with E-state index in [1.54, 1.807) is 18.0 Å². The van der Waals surface area contributed by atoms with Crippen LogP contribution in [-0.4, -0.2) is 42.9 Å². The van der Waals surface area contributed by atoms with Crippen LogP contribution in [0.25, 0.3) is 0 Å². The maximum atomic E-state index is 11.9. The Morgan fingerprint density at radius 2 is 2.15 bits per heavy atom. The summed E-state index contributed by atoms with van der Waals surface area (Å²) in [6, 6.07) is -0.461. The van der Waals surface area contributed by atoms with Crippen molar-refractivity contribution >= 4 is 15.9 Å². The van der Waals surface area contributed by atoms with Crippen LogP contribution in [0.2, 0.25) is 0 Å². The lowest BCUT2D eigenvalue weighted by Crippen LogP contribution is -2.22. The summed E-state index contributed by atoms with van der Waals surface area (Å²) in [4.78, 5) is 0. The van der Waals surface area contributed by atoms with Gasteiger partial charge in [-0.15, -0.1) is 0 Å². The van der Waals surface area contributed by atoms with Gasteiger partial charge in [0.15, 0.2) is 0 Å². The zero-order valence-corrected chi connectivity index (χ0v) is 12.6. The number of methoxy groups -OCH3 is 1. The first-order valence-corrected chi connectivity index (χ1v) is 6.74. The number of nitrogens with two attached hydrogens (primary N) is 1. The standard InChI is InChI=1S/C11H17BrF3N3O2/c1-19-5-3-18-10(8(12)6-17-18)9(16)2-4-20-7-11(13,14)15/h6,9H,2-5,7,16H2,1H3. The third kappa shape index (κ3) is 5.78. The maximum absolute atomic E-state index is 11.9. The molecule has 0 fully saturated rings. The average molecular weight is 360 g/mol. The Hall–Kier alpha value is -0.640. The molecule has 1 rings (SSSR count). The highest BCUT2D eigenvalue weighted by Gasteiger charge is 2.27. The van der Waals surface area contributed by atoms with E-state index < -0.39 is 18.8 Å². The zero-order valence-electron chi connectivity index (χ0n) is 11.0. The van der Waals surface area contributed by atoms with Gasteiger partial charge in [0.2, 0.25) is 0 Å². The normalized spacial score (nSPS) is 13.7. The van der Waals surface area contributed by atoms with E-state index in [0.29, 0.717) is 13.2 Å². The lowest BCUT2D eigenvalue weighted by molar-refractivity contribution is -0.174. The first-order valence-electron chi connectivity index (χ1n) is 5.95. The molecule has 9 heteroatoms. The number of hydrogen-bond donors (Lipinski definition) is 1. The van der Waals surface area contributed by atoms with E-state index >= 15 is 0 Å². The Kier molecular flexibility index (Phi) is 6.93. The third-order valence-electron chi connectivity index (χ3n) is 2.53. The molecule has 0 aliphatic heterocycles. The fourth-order valence-corrected chi connectivity index (χ4v) is 2.22. The molecule has 1 aromatic heterocycles. The molecule has 5 nitrogen and oxygen atoms in total. The third-order valence-corrected chi connectivity index (χ3v) is 3.14. The molecule has 1 atom stereocenters. The van der Waals surface area contributed by atoms with Crippen molar-refractivity contribution < 1.29 is 22.6 Å². The van der Waals surface area contributed by atoms with Crippen LogP contribution < -0.4 is 5.73 Å². The Morgan fingerprint density at radius 1 is 1.45 bits per heavy atom. The van der Waals surface area contributed by atoms with E-state index in [9.17, 15) is 13.2 Å². The maximum Gasteiger partial charge on any atom is 0.411 e. The first kappa shape index (κ1) is 17.4. The molecule has 0 aromatic carbocycles. The highest BCUT2D eigenvalue weighted by Crippen LogP contribution is 2.24. The van der Waals surface area contributed by atoms with Gasteiger partial charge in [0.1, 0.15) is 6.61 Å². The number of rotatable bonds is 8. The summed E-state index contributed by atoms with van der Waals surface area (Å²) in [6.45, 7) is -0.334. The molecule has 20 heavy (non-hydrogen) atoms. The topological polar surface area (TPSA) is 62.3 Å². The number of halogens is 4. The van der Waals surface area contributed by atoms with Gasteiger partial charge in [0.25, 0.3) is 0 Å². The number of hydrogen-bond acceptors (Lipinski definition) is 4. The van der Waals surface area contributed by atoms with Crippen LogP contribution in [0.15, 0.2) is 10.7 Å². The van der Waals surface area contributed by atoms with Gasteiger partial charge in [0.05, 0.1) is 35.6 Å². The van der Waals surface area contributed by atoms with E-state index in [1.807, 2.05) is 0 Å². The molecule has 116 valence electrons. The number of nitrogens with zero attached hydrogens (tertiary/aromatic N) is 2. The molecule has 2 N–H and O–H groups in total. The van der Waals surface area contributed by atoms with Gasteiger partial charge in [-0.1, -0.05) is 0 Å². The van der Waals surface area contributed by atoms with Crippen molar-refractivity contribution in [1.29, 1.82) is 0 Å². The van der Waals surface area contributed by atoms with Crippen molar-refractivity contribution in [2.24, 2.45) is 5.73 Å². The molecule has 0 radical (unpaired) electrons. The van der Waals surface area contributed by atoms with E-state index in [-0.39, 0.29) is 13.0 Å². The summed E-state index contributed by atoms with van der Waals surface area (Å²) >= 11 is 3.33. The van der Waals surface area contributed by atoms with Crippen molar-refractivity contribution in [3.05, 3.63) is 16.4 Å². The van der Waals surface area contributed by atoms with Gasteiger partial charge in [-0.25, -0.2) is 0 Å². The molecule has 0 saturated carbocycles. The second kappa shape index (κ2) is 7.96. The lowest BCUT2D eigenvalue weighted by Gasteiger charge is -2.15. The van der Waals surface area contributed by atoms with E-state index in [1.165, 1.54) is 0 Å². The van der Waals surface area contributed by atoms with Gasteiger partial charge in [-0.05, 0) is 22.4 Å². The predicted molar refractivity (Wildman–Crippen MR) is 70.2 cm³/mol. The molecular formula is C11H17BrF3N3O2. The largest absolute Gasteiger partial charge is 0.411 e. The highest BCUT2D eigenvalue weighted by molar-refractivity contribution is 9.10. The van der Waals surface area contributed by atoms with E-state index in [4.69, 9.17) is 10.5 Å². The summed E-state index contributed by atoms with van der Waals surface area (Å²) < 4.78 is 47.7. The Labute approximate surface area is 123 Å². The summed E-state index contributed by atoms with van der Waals surface area (Å²) in [5.41, 5.74) is 6.69. The highest BCUT2D eigenvalue weighted by atomic mass is 79.9. The summed E-state index contributed by atoms with van der Waals surface area (Å²) in [7, 11) is 1.57. The van der Waals surface area contributed by atoms with Crippen LogP contribution in [0.3, 0.4) is 0 Å². The minimum Gasteiger partial charge on any atom is -0.383 e.